The summed E-state index contributed by atoms with van der Waals surface area (Å²) in [7, 11) is 0. The largest absolute Gasteiger partial charge is 0.341 e. The van der Waals surface area contributed by atoms with Crippen LogP contribution in [0.15, 0.2) is 53.7 Å². The Morgan fingerprint density at radius 2 is 1.77 bits per heavy atom. The molecule has 0 unspecified atom stereocenters. The molecule has 0 aliphatic carbocycles. The Balaban J connectivity index is 1.56. The summed E-state index contributed by atoms with van der Waals surface area (Å²) in [5.74, 6) is 2.55. The standard InChI is InChI=1S/C19H18N6S/c1-12(2)24-15-9-5-6-10-16(15)25-18(24)22-23-19(25)26-11-17-20-13-7-3-4-8-14(13)21-17/h3-10,12H,11H2,1-2H3,(H,20,21). The predicted octanol–water partition coefficient (Wildman–Crippen LogP) is 4.43. The van der Waals surface area contributed by atoms with E-state index >= 15 is 0 Å². The second-order valence-corrected chi connectivity index (χ2v) is 7.50. The van der Waals surface area contributed by atoms with E-state index in [9.17, 15) is 0 Å². The van der Waals surface area contributed by atoms with Crippen LogP contribution in [0.4, 0.5) is 0 Å². The lowest BCUT2D eigenvalue weighted by molar-refractivity contribution is 0.631. The van der Waals surface area contributed by atoms with E-state index in [0.717, 1.165) is 39.1 Å². The minimum atomic E-state index is 0.315. The van der Waals surface area contributed by atoms with E-state index in [1.807, 2.05) is 24.3 Å². The van der Waals surface area contributed by atoms with Gasteiger partial charge in [-0.05, 0) is 38.1 Å². The molecule has 1 N–H and O–H groups in total. The number of nitrogens with zero attached hydrogens (tertiary/aromatic N) is 5. The van der Waals surface area contributed by atoms with Gasteiger partial charge >= 0.3 is 0 Å². The highest BCUT2D eigenvalue weighted by molar-refractivity contribution is 7.98. The fourth-order valence-corrected chi connectivity index (χ4v) is 4.21. The molecule has 3 aromatic heterocycles. The molecule has 0 saturated carbocycles. The first-order valence-corrected chi connectivity index (χ1v) is 9.61. The Morgan fingerprint density at radius 1 is 1.00 bits per heavy atom. The van der Waals surface area contributed by atoms with Crippen LogP contribution >= 0.6 is 11.8 Å². The number of thioether (sulfide) groups is 1. The SMILES string of the molecule is CC(C)n1c2ccccc2n2c(SCc3nc4ccccc4[nH]3)nnc12. The Morgan fingerprint density at radius 3 is 2.58 bits per heavy atom. The molecule has 0 amide bonds. The van der Waals surface area contributed by atoms with Gasteiger partial charge in [-0.2, -0.15) is 0 Å². The molecule has 0 bridgehead atoms. The summed E-state index contributed by atoms with van der Waals surface area (Å²) in [4.78, 5) is 8.02. The van der Waals surface area contributed by atoms with Crippen molar-refractivity contribution in [2.24, 2.45) is 0 Å². The van der Waals surface area contributed by atoms with Crippen molar-refractivity contribution in [3.8, 4) is 0 Å². The molecule has 130 valence electrons. The van der Waals surface area contributed by atoms with E-state index in [0.29, 0.717) is 6.04 Å². The van der Waals surface area contributed by atoms with Gasteiger partial charge in [-0.1, -0.05) is 36.0 Å². The van der Waals surface area contributed by atoms with Crippen molar-refractivity contribution in [2.75, 3.05) is 0 Å². The van der Waals surface area contributed by atoms with Crippen LogP contribution in [0.1, 0.15) is 25.7 Å². The lowest BCUT2D eigenvalue weighted by Crippen LogP contribution is -2.00. The number of aromatic nitrogens is 6. The topological polar surface area (TPSA) is 63.8 Å². The minimum Gasteiger partial charge on any atom is -0.341 e. The second kappa shape index (κ2) is 5.88. The van der Waals surface area contributed by atoms with Gasteiger partial charge in [-0.15, -0.1) is 10.2 Å². The molecular weight excluding hydrogens is 344 g/mol. The normalized spacial score (nSPS) is 12.1. The maximum Gasteiger partial charge on any atom is 0.237 e. The van der Waals surface area contributed by atoms with Crippen LogP contribution in [0.3, 0.4) is 0 Å². The molecule has 0 atom stereocenters. The molecule has 0 fully saturated rings. The van der Waals surface area contributed by atoms with E-state index in [2.05, 4.69) is 67.2 Å². The molecule has 0 aliphatic rings. The van der Waals surface area contributed by atoms with Crippen molar-refractivity contribution in [3.05, 3.63) is 54.4 Å². The van der Waals surface area contributed by atoms with Crippen molar-refractivity contribution in [1.82, 2.24) is 29.1 Å². The average Bonchev–Trinajstić information content (AvgIpc) is 3.31. The van der Waals surface area contributed by atoms with Crippen molar-refractivity contribution in [3.63, 3.8) is 0 Å². The lowest BCUT2D eigenvalue weighted by Gasteiger charge is -2.07. The van der Waals surface area contributed by atoms with E-state index in [4.69, 9.17) is 0 Å². The fourth-order valence-electron chi connectivity index (χ4n) is 3.40. The van der Waals surface area contributed by atoms with E-state index in [1.165, 1.54) is 5.52 Å². The average molecular weight is 362 g/mol. The molecule has 3 heterocycles. The fraction of sp³-hybridized carbons (Fsp3) is 0.211. The van der Waals surface area contributed by atoms with Crippen LogP contribution in [-0.2, 0) is 5.75 Å². The maximum absolute atomic E-state index is 4.65. The molecule has 7 heteroatoms. The number of H-pyrrole nitrogens is 1. The van der Waals surface area contributed by atoms with Gasteiger partial charge in [-0.3, -0.25) is 4.40 Å². The van der Waals surface area contributed by atoms with Crippen molar-refractivity contribution >= 4 is 39.6 Å². The zero-order valence-corrected chi connectivity index (χ0v) is 15.4. The Labute approximate surface area is 154 Å². The van der Waals surface area contributed by atoms with Crippen LogP contribution in [-0.4, -0.2) is 29.1 Å². The zero-order valence-electron chi connectivity index (χ0n) is 14.5. The molecule has 0 radical (unpaired) electrons. The molecule has 5 rings (SSSR count). The summed E-state index contributed by atoms with van der Waals surface area (Å²) in [5.41, 5.74) is 4.36. The number of hydrogen-bond acceptors (Lipinski definition) is 4. The highest BCUT2D eigenvalue weighted by Gasteiger charge is 2.18. The van der Waals surface area contributed by atoms with Gasteiger partial charge in [0.05, 0.1) is 27.8 Å². The highest BCUT2D eigenvalue weighted by Crippen LogP contribution is 2.29. The summed E-state index contributed by atoms with van der Waals surface area (Å²) < 4.78 is 4.37. The van der Waals surface area contributed by atoms with Crippen molar-refractivity contribution < 1.29 is 0 Å². The molecule has 2 aromatic carbocycles. The summed E-state index contributed by atoms with van der Waals surface area (Å²) >= 11 is 1.65. The lowest BCUT2D eigenvalue weighted by atomic mass is 10.3. The number of fused-ring (bicyclic) bond motifs is 4. The van der Waals surface area contributed by atoms with Gasteiger partial charge in [0.15, 0.2) is 5.16 Å². The molecule has 0 saturated heterocycles. The predicted molar refractivity (Wildman–Crippen MR) is 105 cm³/mol. The number of imidazole rings is 2. The summed E-state index contributed by atoms with van der Waals surface area (Å²) in [6.07, 6.45) is 0. The number of para-hydroxylation sites is 4. The van der Waals surface area contributed by atoms with Crippen LogP contribution in [0.25, 0.3) is 27.8 Å². The van der Waals surface area contributed by atoms with Crippen LogP contribution in [0, 0.1) is 0 Å². The molecule has 0 spiro atoms. The second-order valence-electron chi connectivity index (χ2n) is 6.56. The first kappa shape index (κ1) is 15.5. The number of aromatic amines is 1. The first-order chi connectivity index (χ1) is 12.7. The highest BCUT2D eigenvalue weighted by atomic mass is 32.2. The van der Waals surface area contributed by atoms with Crippen LogP contribution in [0.2, 0.25) is 0 Å². The number of hydrogen-bond donors (Lipinski definition) is 1. The third-order valence-corrected chi connectivity index (χ3v) is 5.45. The summed E-state index contributed by atoms with van der Waals surface area (Å²) in [6.45, 7) is 4.34. The Kier molecular flexibility index (Phi) is 3.49. The van der Waals surface area contributed by atoms with Gasteiger partial charge in [0.1, 0.15) is 5.82 Å². The van der Waals surface area contributed by atoms with Crippen LogP contribution < -0.4 is 0 Å². The Hall–Kier alpha value is -2.80. The zero-order chi connectivity index (χ0) is 17.7. The molecule has 26 heavy (non-hydrogen) atoms. The molecular formula is C19H18N6S. The van der Waals surface area contributed by atoms with Gasteiger partial charge in [-0.25, -0.2) is 4.98 Å². The summed E-state index contributed by atoms with van der Waals surface area (Å²) in [5, 5.41) is 9.77. The van der Waals surface area contributed by atoms with E-state index in [1.54, 1.807) is 11.8 Å². The van der Waals surface area contributed by atoms with Gasteiger partial charge in [0.25, 0.3) is 0 Å². The number of nitrogens with one attached hydrogen (secondary N) is 1. The third kappa shape index (κ3) is 2.31. The van der Waals surface area contributed by atoms with E-state index < -0.39 is 0 Å². The molecule has 6 nitrogen and oxygen atoms in total. The quantitative estimate of drug-likeness (QED) is 0.480. The number of rotatable bonds is 4. The third-order valence-electron chi connectivity index (χ3n) is 4.51. The minimum absolute atomic E-state index is 0.315. The van der Waals surface area contributed by atoms with Crippen LogP contribution in [0.5, 0.6) is 0 Å². The number of benzene rings is 2. The van der Waals surface area contributed by atoms with Gasteiger partial charge in [0.2, 0.25) is 5.78 Å². The molecule has 5 aromatic rings. The summed E-state index contributed by atoms with van der Waals surface area (Å²) in [6, 6.07) is 16.8. The smallest absolute Gasteiger partial charge is 0.237 e. The monoisotopic (exact) mass is 362 g/mol. The van der Waals surface area contributed by atoms with Crippen molar-refractivity contribution in [2.45, 2.75) is 30.8 Å². The van der Waals surface area contributed by atoms with Gasteiger partial charge in [0, 0.05) is 6.04 Å². The maximum atomic E-state index is 4.65. The van der Waals surface area contributed by atoms with Crippen molar-refractivity contribution in [1.29, 1.82) is 0 Å². The van der Waals surface area contributed by atoms with Gasteiger partial charge < -0.3 is 9.55 Å². The molecule has 0 aliphatic heterocycles. The Bertz CT molecular complexity index is 1200. The van der Waals surface area contributed by atoms with E-state index in [-0.39, 0.29) is 0 Å². The first-order valence-electron chi connectivity index (χ1n) is 8.63.